The lowest BCUT2D eigenvalue weighted by molar-refractivity contribution is -0.141. The first-order valence-corrected chi connectivity index (χ1v) is 18.0. The molecular formula is C38H41N5O6S. The summed E-state index contributed by atoms with van der Waals surface area (Å²) in [5.41, 5.74) is 2.94. The first-order valence-electron chi connectivity index (χ1n) is 17.2. The summed E-state index contributed by atoms with van der Waals surface area (Å²) in [6.07, 6.45) is 8.41. The van der Waals surface area contributed by atoms with Crippen molar-refractivity contribution in [3.8, 4) is 16.7 Å². The summed E-state index contributed by atoms with van der Waals surface area (Å²) >= 11 is 1.43. The van der Waals surface area contributed by atoms with Crippen LogP contribution >= 0.6 is 11.3 Å². The molecule has 3 N–H and O–H groups in total. The standard InChI is InChI=1S/C38H41N5O6S/c1-47-28-17-12-14-26(21-28)39-31-19-9-4-2-3-6-13-25-23-38(25,36(46)42-49-27-15-7-5-8-16-27)41-34(44)32-22-29(24-43(32)35(31)45)48-37-40-30-18-10-11-20-33(30)50-37/h5-8,10-18,20-21,25,29,31-32,39H,2-4,9,19,22-24H2,1H3,(H,41,44)(H,42,46)/b13-6-/t25-,29-,31+,32+,38-/m1/s1. The normalized spacial score (nSPS) is 26.0. The first kappa shape index (κ1) is 33.4. The number of thiazole rings is 1. The molecular weight excluding hydrogens is 655 g/mol. The van der Waals surface area contributed by atoms with Gasteiger partial charge in [-0.05, 0) is 62.1 Å². The molecule has 1 saturated heterocycles. The fourth-order valence-electron chi connectivity index (χ4n) is 6.81. The minimum atomic E-state index is -1.21. The molecule has 0 bridgehead atoms. The summed E-state index contributed by atoms with van der Waals surface area (Å²) < 4.78 is 12.8. The molecule has 11 nitrogen and oxygen atoms in total. The van der Waals surface area contributed by atoms with Crippen molar-refractivity contribution in [3.63, 3.8) is 0 Å². The third kappa shape index (κ3) is 7.40. The van der Waals surface area contributed by atoms with E-state index in [9.17, 15) is 14.4 Å². The number of anilines is 1. The number of methoxy groups -OCH3 is 1. The zero-order chi connectivity index (χ0) is 34.5. The molecule has 3 aromatic carbocycles. The predicted octanol–water partition coefficient (Wildman–Crippen LogP) is 5.64. The van der Waals surface area contributed by atoms with Crippen molar-refractivity contribution in [2.75, 3.05) is 19.0 Å². The Labute approximate surface area is 295 Å². The third-order valence-electron chi connectivity index (χ3n) is 9.60. The summed E-state index contributed by atoms with van der Waals surface area (Å²) in [6.45, 7) is 0.197. The Hall–Kier alpha value is -5.10. The molecule has 1 aliphatic carbocycles. The minimum absolute atomic E-state index is 0.197. The van der Waals surface area contributed by atoms with Crippen molar-refractivity contribution in [2.24, 2.45) is 5.92 Å². The molecule has 50 heavy (non-hydrogen) atoms. The van der Waals surface area contributed by atoms with Crippen LogP contribution in [0.3, 0.4) is 0 Å². The molecule has 4 aromatic rings. The molecule has 7 rings (SSSR count). The van der Waals surface area contributed by atoms with Crippen LogP contribution in [0.1, 0.15) is 44.9 Å². The third-order valence-corrected chi connectivity index (χ3v) is 10.5. The highest BCUT2D eigenvalue weighted by Crippen LogP contribution is 2.45. The number of ether oxygens (including phenoxy) is 2. The van der Waals surface area contributed by atoms with Crippen LogP contribution in [0.15, 0.2) is 91.0 Å². The molecule has 1 aromatic heterocycles. The lowest BCUT2D eigenvalue weighted by Gasteiger charge is -2.30. The number of benzene rings is 3. The zero-order valence-corrected chi connectivity index (χ0v) is 28.7. The fourth-order valence-corrected chi connectivity index (χ4v) is 7.69. The van der Waals surface area contributed by atoms with E-state index in [1.165, 1.54) is 11.3 Å². The number of rotatable bonds is 8. The number of carbonyl (C=O) groups is 3. The number of carbonyl (C=O) groups excluding carboxylic acids is 3. The summed E-state index contributed by atoms with van der Waals surface area (Å²) in [5, 5.41) is 6.99. The van der Waals surface area contributed by atoms with E-state index < -0.39 is 35.5 Å². The van der Waals surface area contributed by atoms with Gasteiger partial charge in [-0.1, -0.05) is 72.7 Å². The maximum Gasteiger partial charge on any atom is 0.278 e. The van der Waals surface area contributed by atoms with Crippen molar-refractivity contribution >= 4 is 45.0 Å². The van der Waals surface area contributed by atoms with Crippen LogP contribution in [-0.4, -0.2) is 65.0 Å². The molecule has 2 fully saturated rings. The molecule has 3 heterocycles. The van der Waals surface area contributed by atoms with Gasteiger partial charge in [0.15, 0.2) is 5.75 Å². The van der Waals surface area contributed by atoms with Gasteiger partial charge >= 0.3 is 0 Å². The van der Waals surface area contributed by atoms with Crippen LogP contribution in [0, 0.1) is 5.92 Å². The Morgan fingerprint density at radius 1 is 1.00 bits per heavy atom. The number of allylic oxidation sites excluding steroid dienone is 1. The van der Waals surface area contributed by atoms with Crippen molar-refractivity contribution < 1.29 is 28.7 Å². The minimum Gasteiger partial charge on any atom is -0.497 e. The highest BCUT2D eigenvalue weighted by atomic mass is 32.1. The van der Waals surface area contributed by atoms with E-state index in [4.69, 9.17) is 14.3 Å². The lowest BCUT2D eigenvalue weighted by Crippen LogP contribution is -2.57. The van der Waals surface area contributed by atoms with Crippen molar-refractivity contribution in [1.29, 1.82) is 0 Å². The monoisotopic (exact) mass is 695 g/mol. The smallest absolute Gasteiger partial charge is 0.278 e. The van der Waals surface area contributed by atoms with Gasteiger partial charge in [-0.25, -0.2) is 4.98 Å². The van der Waals surface area contributed by atoms with E-state index in [0.29, 0.717) is 29.5 Å². The Bertz CT molecular complexity index is 1830. The van der Waals surface area contributed by atoms with E-state index in [1.807, 2.05) is 72.8 Å². The SMILES string of the molecule is COc1cccc(N[C@H]2CCCCC/C=C\[C@@H]3C[C@@]3(C(=O)NOc3ccccc3)NC(=O)[C@@H]3C[C@@H](Oc4nc5ccccc5s4)CN3C2=O)c1. The van der Waals surface area contributed by atoms with Gasteiger partial charge < -0.3 is 29.8 Å². The lowest BCUT2D eigenvalue weighted by atomic mass is 10.0. The van der Waals surface area contributed by atoms with E-state index in [1.54, 1.807) is 24.1 Å². The summed E-state index contributed by atoms with van der Waals surface area (Å²) in [7, 11) is 1.60. The summed E-state index contributed by atoms with van der Waals surface area (Å²) in [5.74, 6) is -0.106. The number of nitrogens with one attached hydrogen (secondary N) is 3. The van der Waals surface area contributed by atoms with Crippen molar-refractivity contribution in [3.05, 3.63) is 91.0 Å². The van der Waals surface area contributed by atoms with Gasteiger partial charge in [-0.2, -0.15) is 5.48 Å². The topological polar surface area (TPSA) is 131 Å². The second-order valence-corrected chi connectivity index (χ2v) is 14.0. The molecule has 260 valence electrons. The second-order valence-electron chi connectivity index (χ2n) is 13.0. The molecule has 0 spiro atoms. The fraction of sp³-hybridized carbons (Fsp3) is 0.368. The average Bonchev–Trinajstić information content (AvgIpc) is 3.43. The Balaban J connectivity index is 1.16. The average molecular weight is 696 g/mol. The van der Waals surface area contributed by atoms with Crippen LogP contribution in [0.25, 0.3) is 10.2 Å². The van der Waals surface area contributed by atoms with Crippen LogP contribution in [0.2, 0.25) is 0 Å². The largest absolute Gasteiger partial charge is 0.497 e. The van der Waals surface area contributed by atoms with Gasteiger partial charge in [0.25, 0.3) is 11.1 Å². The highest BCUT2D eigenvalue weighted by molar-refractivity contribution is 7.20. The van der Waals surface area contributed by atoms with E-state index >= 15 is 0 Å². The number of hydrogen-bond donors (Lipinski definition) is 3. The molecule has 0 radical (unpaired) electrons. The summed E-state index contributed by atoms with van der Waals surface area (Å²) in [6, 6.07) is 22.7. The number of amides is 3. The molecule has 12 heteroatoms. The molecule has 3 aliphatic rings. The number of aromatic nitrogens is 1. The molecule has 1 saturated carbocycles. The Morgan fingerprint density at radius 2 is 1.82 bits per heavy atom. The van der Waals surface area contributed by atoms with Gasteiger partial charge in [-0.3, -0.25) is 14.4 Å². The Kier molecular flexibility index (Phi) is 9.88. The zero-order valence-electron chi connectivity index (χ0n) is 27.9. The maximum absolute atomic E-state index is 14.5. The molecule has 5 atom stereocenters. The van der Waals surface area contributed by atoms with Gasteiger partial charge in [0.05, 0.1) is 23.9 Å². The molecule has 2 aliphatic heterocycles. The van der Waals surface area contributed by atoms with Gasteiger partial charge in [0.2, 0.25) is 11.8 Å². The summed E-state index contributed by atoms with van der Waals surface area (Å²) in [4.78, 5) is 54.4. The highest BCUT2D eigenvalue weighted by Gasteiger charge is 2.61. The second kappa shape index (κ2) is 14.8. The van der Waals surface area contributed by atoms with Crippen LogP contribution in [0.5, 0.6) is 16.7 Å². The van der Waals surface area contributed by atoms with Crippen LogP contribution in [-0.2, 0) is 14.4 Å². The van der Waals surface area contributed by atoms with Crippen molar-refractivity contribution in [1.82, 2.24) is 20.7 Å². The maximum atomic E-state index is 14.5. The van der Waals surface area contributed by atoms with Gasteiger partial charge in [0.1, 0.15) is 29.5 Å². The Morgan fingerprint density at radius 3 is 2.66 bits per heavy atom. The van der Waals surface area contributed by atoms with Crippen molar-refractivity contribution in [2.45, 2.75) is 68.7 Å². The van der Waals surface area contributed by atoms with Crippen LogP contribution in [0.4, 0.5) is 5.69 Å². The van der Waals surface area contributed by atoms with Gasteiger partial charge in [-0.15, -0.1) is 0 Å². The van der Waals surface area contributed by atoms with E-state index in [2.05, 4.69) is 27.2 Å². The van der Waals surface area contributed by atoms with E-state index in [-0.39, 0.29) is 24.8 Å². The van der Waals surface area contributed by atoms with Gasteiger partial charge in [0, 0.05) is 24.1 Å². The number of nitrogens with zero attached hydrogens (tertiary/aromatic N) is 2. The van der Waals surface area contributed by atoms with E-state index in [0.717, 1.165) is 41.6 Å². The molecule has 0 unspecified atom stereocenters. The predicted molar refractivity (Wildman–Crippen MR) is 191 cm³/mol. The van der Waals surface area contributed by atoms with Crippen LogP contribution < -0.4 is 30.4 Å². The first-order chi connectivity index (χ1) is 24.4. The quantitative estimate of drug-likeness (QED) is 0.160. The number of hydrogen-bond acceptors (Lipinski definition) is 9. The number of para-hydroxylation sites is 2. The molecule has 3 amide bonds. The number of hydroxylamine groups is 1. The number of fused-ring (bicyclic) bond motifs is 3.